The summed E-state index contributed by atoms with van der Waals surface area (Å²) in [4.78, 5) is 0. The molecule has 0 aromatic heterocycles. The van der Waals surface area contributed by atoms with Crippen LogP contribution in [0.2, 0.25) is 0 Å². The molecule has 17 heavy (non-hydrogen) atoms. The Morgan fingerprint density at radius 2 is 1.47 bits per heavy atom. The molecule has 2 nitrogen and oxygen atoms in total. The average Bonchev–Trinajstić information content (AvgIpc) is 2.41. The minimum Gasteiger partial charge on any atom is -0.439 e. The van der Waals surface area contributed by atoms with Crippen LogP contribution in [0, 0.1) is 0 Å². The van der Waals surface area contributed by atoms with Crippen LogP contribution < -0.4 is 9.83 Å². The molecule has 0 N–H and O–H groups in total. The number of benzene rings is 2. The van der Waals surface area contributed by atoms with E-state index in [0.717, 1.165) is 0 Å². The van der Waals surface area contributed by atoms with E-state index < -0.39 is 7.37 Å². The van der Waals surface area contributed by atoms with Gasteiger partial charge in [0.25, 0.3) is 7.37 Å². The zero-order valence-electron chi connectivity index (χ0n) is 9.12. The predicted molar refractivity (Wildman–Crippen MR) is 71.5 cm³/mol. The van der Waals surface area contributed by atoms with E-state index in [1.807, 2.05) is 36.4 Å². The van der Waals surface area contributed by atoms with Crippen molar-refractivity contribution in [2.45, 2.75) is 0 Å². The molecule has 2 aromatic rings. The van der Waals surface area contributed by atoms with Crippen LogP contribution in [0.15, 0.2) is 60.7 Å². The number of hydrogen-bond donors (Lipinski definition) is 0. The van der Waals surface area contributed by atoms with Crippen LogP contribution in [0.4, 0.5) is 0 Å². The van der Waals surface area contributed by atoms with Gasteiger partial charge >= 0.3 is 0 Å². The lowest BCUT2D eigenvalue weighted by Crippen LogP contribution is -2.10. The van der Waals surface area contributed by atoms with Crippen LogP contribution in [0.25, 0.3) is 0 Å². The fraction of sp³-hybridized carbons (Fsp3) is 0.0769. The molecule has 2 aromatic carbocycles. The van der Waals surface area contributed by atoms with Crippen molar-refractivity contribution in [3.05, 3.63) is 60.7 Å². The highest BCUT2D eigenvalue weighted by Crippen LogP contribution is 2.46. The molecule has 1 atom stereocenters. The first-order valence-corrected chi connectivity index (χ1v) is 7.54. The van der Waals surface area contributed by atoms with Gasteiger partial charge in [0, 0.05) is 5.30 Å². The van der Waals surface area contributed by atoms with Gasteiger partial charge < -0.3 is 4.52 Å². The monoisotopic (exact) mass is 266 g/mol. The maximum Gasteiger partial charge on any atom is 0.291 e. The van der Waals surface area contributed by atoms with Gasteiger partial charge in [-0.15, -0.1) is 11.6 Å². The van der Waals surface area contributed by atoms with Gasteiger partial charge in [0.1, 0.15) is 11.4 Å². The smallest absolute Gasteiger partial charge is 0.291 e. The molecule has 88 valence electrons. The Kier molecular flexibility index (Phi) is 3.88. The Bertz CT molecular complexity index is 513. The molecule has 1 unspecified atom stereocenters. The molecule has 0 amide bonds. The Balaban J connectivity index is 2.30. The third-order valence-corrected chi connectivity index (χ3v) is 5.15. The van der Waals surface area contributed by atoms with Crippen LogP contribution in [0.3, 0.4) is 0 Å². The summed E-state index contributed by atoms with van der Waals surface area (Å²) in [5, 5.41) is 0.638. The summed E-state index contributed by atoms with van der Waals surface area (Å²) in [6.07, 6.45) is 0. The predicted octanol–water partition coefficient (Wildman–Crippen LogP) is 3.87. The van der Waals surface area contributed by atoms with Gasteiger partial charge in [-0.25, -0.2) is 0 Å². The van der Waals surface area contributed by atoms with Crippen LogP contribution in [-0.4, -0.2) is 5.62 Å². The number of alkyl halides is 1. The fourth-order valence-electron chi connectivity index (χ4n) is 1.45. The van der Waals surface area contributed by atoms with Crippen molar-refractivity contribution >= 4 is 24.3 Å². The lowest BCUT2D eigenvalue weighted by atomic mass is 10.3. The van der Waals surface area contributed by atoms with Gasteiger partial charge in [-0.2, -0.15) is 0 Å². The summed E-state index contributed by atoms with van der Waals surface area (Å²) in [6, 6.07) is 18.1. The highest BCUT2D eigenvalue weighted by Gasteiger charge is 2.25. The molecule has 0 aliphatic carbocycles. The maximum absolute atomic E-state index is 12.6. The third-order valence-electron chi connectivity index (χ3n) is 2.30. The lowest BCUT2D eigenvalue weighted by molar-refractivity contribution is 0.497. The molecular weight excluding hydrogens is 255 g/mol. The van der Waals surface area contributed by atoms with E-state index in [4.69, 9.17) is 16.1 Å². The average molecular weight is 267 g/mol. The van der Waals surface area contributed by atoms with Crippen molar-refractivity contribution in [2.24, 2.45) is 0 Å². The van der Waals surface area contributed by atoms with E-state index in [0.29, 0.717) is 11.1 Å². The molecule has 0 saturated carbocycles. The van der Waals surface area contributed by atoms with Gasteiger partial charge in [0.2, 0.25) is 0 Å². The van der Waals surface area contributed by atoms with E-state index in [1.54, 1.807) is 24.3 Å². The molecule has 0 bridgehead atoms. The van der Waals surface area contributed by atoms with E-state index in [-0.39, 0.29) is 5.62 Å². The number of hydrogen-bond acceptors (Lipinski definition) is 2. The molecule has 0 aliphatic rings. The van der Waals surface area contributed by atoms with E-state index in [2.05, 4.69) is 0 Å². The van der Waals surface area contributed by atoms with Gasteiger partial charge in [-0.05, 0) is 24.3 Å². The first kappa shape index (κ1) is 12.2. The molecule has 0 aliphatic heterocycles. The first-order chi connectivity index (χ1) is 8.24. The second kappa shape index (κ2) is 5.39. The van der Waals surface area contributed by atoms with E-state index in [1.165, 1.54) is 0 Å². The zero-order valence-corrected chi connectivity index (χ0v) is 10.8. The number of halogens is 1. The van der Waals surface area contributed by atoms with Crippen molar-refractivity contribution in [1.29, 1.82) is 0 Å². The minimum atomic E-state index is -3.01. The summed E-state index contributed by atoms with van der Waals surface area (Å²) in [6.45, 7) is 0. The van der Waals surface area contributed by atoms with Crippen molar-refractivity contribution in [3.63, 3.8) is 0 Å². The number of rotatable bonds is 4. The molecule has 0 radical (unpaired) electrons. The first-order valence-electron chi connectivity index (χ1n) is 5.20. The Morgan fingerprint density at radius 1 is 0.941 bits per heavy atom. The highest BCUT2D eigenvalue weighted by molar-refractivity contribution is 7.68. The van der Waals surface area contributed by atoms with Crippen molar-refractivity contribution in [2.75, 3.05) is 5.62 Å². The van der Waals surface area contributed by atoms with Gasteiger partial charge in [-0.3, -0.25) is 4.57 Å². The maximum atomic E-state index is 12.6. The summed E-state index contributed by atoms with van der Waals surface area (Å²) in [7, 11) is -3.01. The van der Waals surface area contributed by atoms with Crippen molar-refractivity contribution in [1.82, 2.24) is 0 Å². The van der Waals surface area contributed by atoms with E-state index >= 15 is 0 Å². The van der Waals surface area contributed by atoms with Crippen molar-refractivity contribution in [3.8, 4) is 5.75 Å². The quantitative estimate of drug-likeness (QED) is 0.620. The Morgan fingerprint density at radius 3 is 2.00 bits per heavy atom. The zero-order chi connectivity index (χ0) is 12.1. The van der Waals surface area contributed by atoms with Crippen molar-refractivity contribution < 1.29 is 9.09 Å². The second-order valence-corrected chi connectivity index (χ2v) is 6.53. The summed E-state index contributed by atoms with van der Waals surface area (Å²) in [5.74, 6) is 0.570. The standard InChI is InChI=1S/C13H12ClO2P/c14-11-17(15,13-9-5-2-6-10-13)16-12-7-3-1-4-8-12/h1-10H,11H2. The van der Waals surface area contributed by atoms with Crippen LogP contribution >= 0.6 is 19.0 Å². The van der Waals surface area contributed by atoms with Gasteiger partial charge in [-0.1, -0.05) is 36.4 Å². The van der Waals surface area contributed by atoms with E-state index in [9.17, 15) is 4.57 Å². The SMILES string of the molecule is O=P(CCl)(Oc1ccccc1)c1ccccc1. The summed E-state index contributed by atoms with van der Waals surface area (Å²) in [5.41, 5.74) is -0.0358. The summed E-state index contributed by atoms with van der Waals surface area (Å²) < 4.78 is 18.2. The molecule has 0 saturated heterocycles. The van der Waals surface area contributed by atoms with Crippen LogP contribution in [0.1, 0.15) is 0 Å². The topological polar surface area (TPSA) is 26.3 Å². The Hall–Kier alpha value is -1.24. The highest BCUT2D eigenvalue weighted by atomic mass is 35.5. The number of para-hydroxylation sites is 1. The molecule has 2 rings (SSSR count). The van der Waals surface area contributed by atoms with Gasteiger partial charge in [0.15, 0.2) is 0 Å². The fourth-order valence-corrected chi connectivity index (χ4v) is 3.39. The molecule has 4 heteroatoms. The summed E-state index contributed by atoms with van der Waals surface area (Å²) >= 11 is 5.81. The molecular formula is C13H12ClO2P. The van der Waals surface area contributed by atoms with Crippen LogP contribution in [0.5, 0.6) is 5.75 Å². The minimum absolute atomic E-state index is 0.0358. The molecule has 0 spiro atoms. The van der Waals surface area contributed by atoms with Gasteiger partial charge in [0.05, 0.1) is 0 Å². The normalized spacial score (nSPS) is 13.9. The molecule has 0 heterocycles. The lowest BCUT2D eigenvalue weighted by Gasteiger charge is -2.17. The third kappa shape index (κ3) is 2.91. The second-order valence-electron chi connectivity index (χ2n) is 3.53. The molecule has 0 fully saturated rings. The van der Waals surface area contributed by atoms with Crippen LogP contribution in [-0.2, 0) is 4.57 Å². The Labute approximate surface area is 106 Å². The largest absolute Gasteiger partial charge is 0.439 e.